The van der Waals surface area contributed by atoms with E-state index in [0.29, 0.717) is 26.1 Å². The number of hydrogen-bond acceptors (Lipinski definition) is 8. The number of likely N-dealkylation sites (tertiary alicyclic amines) is 1. The van der Waals surface area contributed by atoms with Crippen LogP contribution >= 0.6 is 0 Å². The first-order chi connectivity index (χ1) is 15.9. The summed E-state index contributed by atoms with van der Waals surface area (Å²) in [5, 5.41) is 0. The van der Waals surface area contributed by atoms with Crippen LogP contribution in [0.25, 0.3) is 0 Å². The number of ether oxygens (including phenoxy) is 4. The van der Waals surface area contributed by atoms with Gasteiger partial charge in [0.15, 0.2) is 0 Å². The minimum atomic E-state index is -3.58. The summed E-state index contributed by atoms with van der Waals surface area (Å²) in [5.74, 6) is -0.703. The molecule has 2 amide bonds. The molecule has 10 nitrogen and oxygen atoms in total. The lowest BCUT2D eigenvalue weighted by Crippen LogP contribution is -2.58. The van der Waals surface area contributed by atoms with E-state index in [1.165, 1.54) is 10.5 Å². The van der Waals surface area contributed by atoms with Crippen molar-refractivity contribution >= 4 is 22.0 Å². The summed E-state index contributed by atoms with van der Waals surface area (Å²) in [4.78, 5) is 26.1. The quantitative estimate of drug-likeness (QED) is 0.393. The van der Waals surface area contributed by atoms with Crippen LogP contribution in [-0.2, 0) is 33.8 Å². The minimum Gasteiger partial charge on any atom is -0.443 e. The van der Waals surface area contributed by atoms with Gasteiger partial charge in [-0.05, 0) is 40.0 Å². The standard InChI is InChI=1S/C23H36N2O8S/c1-14(2)6-7-17-22(3,33-17)20-19(30-4)16(8-9-23(20)13-31-23)32-21(27)25-11-15(12-25)10-18(26)24-34(5,28)29/h6,15-17,19-20H,7-13H2,1-5H3,(H,24,26)/t16-,17?,19-,20-,22+,23+/m1/s1. The zero-order chi connectivity index (χ0) is 24.9. The van der Waals surface area contributed by atoms with Crippen molar-refractivity contribution in [2.75, 3.05) is 33.1 Å². The van der Waals surface area contributed by atoms with Crippen molar-refractivity contribution in [2.24, 2.45) is 11.8 Å². The van der Waals surface area contributed by atoms with Gasteiger partial charge in [0.1, 0.15) is 23.4 Å². The van der Waals surface area contributed by atoms with Crippen LogP contribution in [-0.4, -0.2) is 87.9 Å². The Morgan fingerprint density at radius 3 is 2.50 bits per heavy atom. The van der Waals surface area contributed by atoms with Gasteiger partial charge >= 0.3 is 6.09 Å². The van der Waals surface area contributed by atoms with Crippen molar-refractivity contribution in [3.8, 4) is 0 Å². The van der Waals surface area contributed by atoms with Crippen LogP contribution < -0.4 is 4.72 Å². The van der Waals surface area contributed by atoms with E-state index in [4.69, 9.17) is 18.9 Å². The van der Waals surface area contributed by atoms with Crippen LogP contribution in [0.2, 0.25) is 0 Å². The summed E-state index contributed by atoms with van der Waals surface area (Å²) in [7, 11) is -1.95. The van der Waals surface area contributed by atoms with Gasteiger partial charge < -0.3 is 23.8 Å². The highest BCUT2D eigenvalue weighted by Gasteiger charge is 2.72. The molecule has 34 heavy (non-hydrogen) atoms. The molecule has 11 heteroatoms. The zero-order valence-corrected chi connectivity index (χ0v) is 21.4. The largest absolute Gasteiger partial charge is 0.443 e. The van der Waals surface area contributed by atoms with Crippen molar-refractivity contribution in [2.45, 2.75) is 76.0 Å². The van der Waals surface area contributed by atoms with Gasteiger partial charge in [0.25, 0.3) is 0 Å². The first-order valence-corrected chi connectivity index (χ1v) is 13.7. The third-order valence-corrected chi connectivity index (χ3v) is 8.08. The molecule has 3 saturated heterocycles. The molecule has 1 N–H and O–H groups in total. The van der Waals surface area contributed by atoms with Crippen LogP contribution in [0.5, 0.6) is 0 Å². The molecule has 0 aromatic heterocycles. The molecule has 3 heterocycles. The van der Waals surface area contributed by atoms with E-state index in [-0.39, 0.29) is 36.1 Å². The fourth-order valence-electron chi connectivity index (χ4n) is 5.63. The number of hydrogen-bond donors (Lipinski definition) is 1. The molecule has 4 rings (SSSR count). The molecule has 3 aliphatic heterocycles. The maximum Gasteiger partial charge on any atom is 0.410 e. The summed E-state index contributed by atoms with van der Waals surface area (Å²) in [6.45, 7) is 7.60. The van der Waals surface area contributed by atoms with E-state index in [1.807, 2.05) is 4.72 Å². The Morgan fingerprint density at radius 2 is 1.94 bits per heavy atom. The number of allylic oxidation sites excluding steroid dienone is 1. The topological polar surface area (TPSA) is 127 Å². The molecule has 0 aromatic rings. The molecular weight excluding hydrogens is 464 g/mol. The van der Waals surface area contributed by atoms with Crippen LogP contribution in [0, 0.1) is 11.8 Å². The number of nitrogens with zero attached hydrogens (tertiary/aromatic N) is 1. The molecule has 6 atom stereocenters. The van der Waals surface area contributed by atoms with Crippen LogP contribution in [0.1, 0.15) is 46.5 Å². The molecule has 1 saturated carbocycles. The average molecular weight is 501 g/mol. The highest BCUT2D eigenvalue weighted by Crippen LogP contribution is 2.59. The van der Waals surface area contributed by atoms with E-state index in [0.717, 1.165) is 19.1 Å². The fraction of sp³-hybridized carbons (Fsp3) is 0.826. The predicted octanol–water partition coefficient (Wildman–Crippen LogP) is 1.60. The van der Waals surface area contributed by atoms with E-state index in [9.17, 15) is 18.0 Å². The third-order valence-electron chi connectivity index (χ3n) is 7.48. The summed E-state index contributed by atoms with van der Waals surface area (Å²) in [5.41, 5.74) is 0.561. The normalized spacial score (nSPS) is 37.0. The van der Waals surface area contributed by atoms with E-state index >= 15 is 0 Å². The van der Waals surface area contributed by atoms with Gasteiger partial charge in [0.05, 0.1) is 24.9 Å². The van der Waals surface area contributed by atoms with Crippen molar-refractivity contribution in [3.05, 3.63) is 11.6 Å². The average Bonchev–Trinajstić information content (AvgIpc) is 3.60. The van der Waals surface area contributed by atoms with Crippen LogP contribution in [0.3, 0.4) is 0 Å². The molecule has 0 bridgehead atoms. The second-order valence-electron chi connectivity index (χ2n) is 10.6. The smallest absolute Gasteiger partial charge is 0.410 e. The molecule has 0 radical (unpaired) electrons. The van der Waals surface area contributed by atoms with Crippen LogP contribution in [0.4, 0.5) is 4.79 Å². The molecular formula is C23H36N2O8S. The molecule has 192 valence electrons. The fourth-order valence-corrected chi connectivity index (χ4v) is 6.13. The number of methoxy groups -OCH3 is 1. The molecule has 0 aromatic carbocycles. The first-order valence-electron chi connectivity index (χ1n) is 11.8. The summed E-state index contributed by atoms with van der Waals surface area (Å²) in [6, 6.07) is 0. The van der Waals surface area contributed by atoms with Gasteiger partial charge in [-0.2, -0.15) is 0 Å². The van der Waals surface area contributed by atoms with Gasteiger partial charge in [-0.25, -0.2) is 13.2 Å². The second-order valence-corrected chi connectivity index (χ2v) is 12.3. The predicted molar refractivity (Wildman–Crippen MR) is 122 cm³/mol. The Kier molecular flexibility index (Phi) is 6.78. The number of nitrogens with one attached hydrogen (secondary N) is 1. The lowest BCUT2D eigenvalue weighted by atomic mass is 9.68. The van der Waals surface area contributed by atoms with Crippen molar-refractivity contribution in [1.29, 1.82) is 0 Å². The lowest BCUT2D eigenvalue weighted by Gasteiger charge is -2.44. The van der Waals surface area contributed by atoms with E-state index in [1.54, 1.807) is 7.11 Å². The molecule has 1 unspecified atom stereocenters. The Balaban J connectivity index is 1.34. The Morgan fingerprint density at radius 1 is 1.26 bits per heavy atom. The summed E-state index contributed by atoms with van der Waals surface area (Å²) < 4.78 is 48.2. The Hall–Kier alpha value is -1.69. The highest BCUT2D eigenvalue weighted by atomic mass is 32.2. The number of carbonyl (C=O) groups is 2. The molecule has 4 aliphatic rings. The number of rotatable bonds is 8. The van der Waals surface area contributed by atoms with Gasteiger partial charge in [0, 0.05) is 32.5 Å². The van der Waals surface area contributed by atoms with Gasteiger partial charge in [-0.3, -0.25) is 9.52 Å². The Labute approximate surface area is 201 Å². The highest BCUT2D eigenvalue weighted by molar-refractivity contribution is 7.89. The second kappa shape index (κ2) is 9.07. The van der Waals surface area contributed by atoms with Crippen molar-refractivity contribution in [3.63, 3.8) is 0 Å². The van der Waals surface area contributed by atoms with Gasteiger partial charge in [-0.15, -0.1) is 0 Å². The monoisotopic (exact) mass is 500 g/mol. The van der Waals surface area contributed by atoms with Gasteiger partial charge in [0.2, 0.25) is 15.9 Å². The Bertz CT molecular complexity index is 952. The van der Waals surface area contributed by atoms with Crippen molar-refractivity contribution < 1.29 is 37.0 Å². The number of epoxide rings is 2. The number of amides is 2. The maximum absolute atomic E-state index is 12.8. The SMILES string of the molecule is CO[C@@H]1[C@H](OC(=O)N2CC(CC(=O)NS(C)(=O)=O)C2)CC[C@]2(CO2)[C@H]1[C@@]1(C)OC1CC=C(C)C. The minimum absolute atomic E-state index is 0.0454. The van der Waals surface area contributed by atoms with E-state index in [2.05, 4.69) is 26.8 Å². The zero-order valence-electron chi connectivity index (χ0n) is 20.5. The molecule has 4 fully saturated rings. The van der Waals surface area contributed by atoms with Gasteiger partial charge in [-0.1, -0.05) is 11.6 Å². The van der Waals surface area contributed by atoms with Crippen LogP contribution in [0.15, 0.2) is 11.6 Å². The number of sulfonamides is 1. The first kappa shape index (κ1) is 25.4. The lowest BCUT2D eigenvalue weighted by molar-refractivity contribution is -0.126. The molecule has 1 aliphatic carbocycles. The summed E-state index contributed by atoms with van der Waals surface area (Å²) in [6.07, 6.45) is 4.27. The van der Waals surface area contributed by atoms with Crippen molar-refractivity contribution in [1.82, 2.24) is 9.62 Å². The third kappa shape index (κ3) is 5.27. The maximum atomic E-state index is 12.8. The number of carbonyl (C=O) groups excluding carboxylic acids is 2. The van der Waals surface area contributed by atoms with E-state index < -0.39 is 33.7 Å². The summed E-state index contributed by atoms with van der Waals surface area (Å²) >= 11 is 0. The molecule has 1 spiro atoms.